The van der Waals surface area contributed by atoms with Crippen molar-refractivity contribution >= 4 is 5.97 Å². The highest BCUT2D eigenvalue weighted by atomic mass is 17.2. The maximum absolute atomic E-state index is 10.7. The average Bonchev–Trinajstić information content (AvgIpc) is 2.15. The summed E-state index contributed by atoms with van der Waals surface area (Å²) in [4.78, 5) is 19.6. The second kappa shape index (κ2) is 4.47. The Hall–Kier alpha value is -1.55. The molecule has 0 aliphatic rings. The Kier molecular flexibility index (Phi) is 3.28. The van der Waals surface area contributed by atoms with Crippen LogP contribution in [0.4, 0.5) is 0 Å². The van der Waals surface area contributed by atoms with Crippen LogP contribution in [0.2, 0.25) is 0 Å². The fourth-order valence-electron chi connectivity index (χ4n) is 0.635. The van der Waals surface area contributed by atoms with E-state index in [1.54, 1.807) is 24.3 Å². The van der Waals surface area contributed by atoms with Gasteiger partial charge in [-0.05, 0) is 19.1 Å². The average molecular weight is 182 g/mol. The van der Waals surface area contributed by atoms with E-state index in [1.165, 1.54) is 6.92 Å². The van der Waals surface area contributed by atoms with Crippen LogP contribution in [0.5, 0.6) is 5.75 Å². The van der Waals surface area contributed by atoms with E-state index in [-0.39, 0.29) is 0 Å². The molecule has 0 heterocycles. The maximum Gasteiger partial charge on any atom is 0.383 e. The molecular weight excluding hydrogens is 172 g/mol. The molecule has 1 N–H and O–H groups in total. The van der Waals surface area contributed by atoms with Crippen molar-refractivity contribution in [1.82, 2.24) is 0 Å². The summed E-state index contributed by atoms with van der Waals surface area (Å²) >= 11 is 0. The summed E-state index contributed by atoms with van der Waals surface area (Å²) in [6.07, 6.45) is -1.18. The van der Waals surface area contributed by atoms with E-state index >= 15 is 0 Å². The molecule has 0 spiro atoms. The van der Waals surface area contributed by atoms with Crippen molar-refractivity contribution in [2.24, 2.45) is 0 Å². The van der Waals surface area contributed by atoms with Gasteiger partial charge in [0, 0.05) is 0 Å². The topological polar surface area (TPSA) is 55.8 Å². The molecule has 0 saturated carbocycles. The van der Waals surface area contributed by atoms with Crippen molar-refractivity contribution in [3.05, 3.63) is 30.3 Å². The van der Waals surface area contributed by atoms with Gasteiger partial charge in [-0.25, -0.2) is 9.68 Å². The van der Waals surface area contributed by atoms with Gasteiger partial charge in [0.1, 0.15) is 0 Å². The van der Waals surface area contributed by atoms with E-state index in [2.05, 4.69) is 9.78 Å². The molecule has 0 fully saturated rings. The van der Waals surface area contributed by atoms with Gasteiger partial charge in [0.2, 0.25) is 0 Å². The number of benzene rings is 1. The summed E-state index contributed by atoms with van der Waals surface area (Å²) in [5, 5.41) is 8.74. The van der Waals surface area contributed by atoms with Gasteiger partial charge in [-0.2, -0.15) is 0 Å². The molecule has 0 bridgehead atoms. The monoisotopic (exact) mass is 182 g/mol. The van der Waals surface area contributed by atoms with Crippen molar-refractivity contribution < 1.29 is 19.7 Å². The summed E-state index contributed by atoms with van der Waals surface area (Å²) in [6.45, 7) is 1.30. The van der Waals surface area contributed by atoms with Crippen LogP contribution in [0, 0.1) is 0 Å². The summed E-state index contributed by atoms with van der Waals surface area (Å²) in [6, 6.07) is 8.56. The summed E-state index contributed by atoms with van der Waals surface area (Å²) in [5.41, 5.74) is 0. The Morgan fingerprint density at radius 2 is 2.00 bits per heavy atom. The highest BCUT2D eigenvalue weighted by molar-refractivity contribution is 5.73. The van der Waals surface area contributed by atoms with E-state index < -0.39 is 12.1 Å². The third kappa shape index (κ3) is 3.13. The molecule has 0 radical (unpaired) electrons. The third-order valence-electron chi connectivity index (χ3n) is 1.30. The molecule has 1 aromatic carbocycles. The number of carbonyl (C=O) groups is 1. The second-order valence-electron chi connectivity index (χ2n) is 2.47. The number of rotatable bonds is 3. The van der Waals surface area contributed by atoms with Crippen LogP contribution in [0.1, 0.15) is 6.92 Å². The van der Waals surface area contributed by atoms with Crippen molar-refractivity contribution in [3.8, 4) is 5.75 Å². The predicted molar refractivity (Wildman–Crippen MR) is 44.8 cm³/mol. The first kappa shape index (κ1) is 9.54. The fourth-order valence-corrected chi connectivity index (χ4v) is 0.635. The van der Waals surface area contributed by atoms with E-state index in [0.29, 0.717) is 5.75 Å². The minimum atomic E-state index is -1.18. The number of para-hydroxylation sites is 1. The number of aliphatic hydroxyl groups is 1. The van der Waals surface area contributed by atoms with Crippen LogP contribution in [0.3, 0.4) is 0 Å². The largest absolute Gasteiger partial charge is 0.383 e. The van der Waals surface area contributed by atoms with Gasteiger partial charge in [-0.15, -0.1) is 0 Å². The standard InChI is InChI=1S/C9H10O4/c1-7(10)9(11)13-12-8-5-3-2-4-6-8/h2-7,10H,1H3. The molecule has 0 amide bonds. The van der Waals surface area contributed by atoms with Crippen LogP contribution in [-0.2, 0) is 9.68 Å². The Morgan fingerprint density at radius 3 is 2.54 bits per heavy atom. The lowest BCUT2D eigenvalue weighted by Crippen LogP contribution is -2.20. The minimum Gasteiger partial charge on any atom is -0.382 e. The van der Waals surface area contributed by atoms with Gasteiger partial charge in [-0.1, -0.05) is 18.2 Å². The first-order chi connectivity index (χ1) is 6.20. The molecule has 0 aromatic heterocycles. The van der Waals surface area contributed by atoms with Crippen LogP contribution in [-0.4, -0.2) is 17.2 Å². The Balaban J connectivity index is 2.40. The maximum atomic E-state index is 10.7. The van der Waals surface area contributed by atoms with Crippen molar-refractivity contribution in [2.75, 3.05) is 0 Å². The first-order valence-electron chi connectivity index (χ1n) is 3.81. The van der Waals surface area contributed by atoms with Gasteiger partial charge >= 0.3 is 5.97 Å². The summed E-state index contributed by atoms with van der Waals surface area (Å²) in [5.74, 6) is -0.402. The molecule has 1 unspecified atom stereocenters. The summed E-state index contributed by atoms with van der Waals surface area (Å²) < 4.78 is 0. The number of hydrogen-bond acceptors (Lipinski definition) is 4. The quantitative estimate of drug-likeness (QED) is 0.557. The SMILES string of the molecule is CC(O)C(=O)OOc1ccccc1. The molecule has 1 aromatic rings. The number of hydrogen-bond donors (Lipinski definition) is 1. The predicted octanol–water partition coefficient (Wildman–Crippen LogP) is 0.904. The van der Waals surface area contributed by atoms with Crippen LogP contribution in [0.25, 0.3) is 0 Å². The zero-order valence-corrected chi connectivity index (χ0v) is 7.14. The molecule has 70 valence electrons. The van der Waals surface area contributed by atoms with Crippen LogP contribution < -0.4 is 4.89 Å². The zero-order chi connectivity index (χ0) is 9.68. The van der Waals surface area contributed by atoms with Gasteiger partial charge in [0.25, 0.3) is 0 Å². The zero-order valence-electron chi connectivity index (χ0n) is 7.14. The molecule has 1 rings (SSSR count). The third-order valence-corrected chi connectivity index (χ3v) is 1.30. The lowest BCUT2D eigenvalue weighted by molar-refractivity contribution is -0.221. The van der Waals surface area contributed by atoms with E-state index in [0.717, 1.165) is 0 Å². The van der Waals surface area contributed by atoms with Gasteiger partial charge in [-0.3, -0.25) is 4.89 Å². The molecule has 4 nitrogen and oxygen atoms in total. The van der Waals surface area contributed by atoms with E-state index in [1.807, 2.05) is 6.07 Å². The molecule has 4 heteroatoms. The highest BCUT2D eigenvalue weighted by Gasteiger charge is 2.11. The highest BCUT2D eigenvalue weighted by Crippen LogP contribution is 2.08. The number of aliphatic hydroxyl groups excluding tert-OH is 1. The smallest absolute Gasteiger partial charge is 0.382 e. The molecule has 1 atom stereocenters. The van der Waals surface area contributed by atoms with E-state index in [4.69, 9.17) is 5.11 Å². The van der Waals surface area contributed by atoms with Crippen molar-refractivity contribution in [2.45, 2.75) is 13.0 Å². The Morgan fingerprint density at radius 1 is 1.38 bits per heavy atom. The molecule has 13 heavy (non-hydrogen) atoms. The summed E-state index contributed by atoms with van der Waals surface area (Å²) in [7, 11) is 0. The van der Waals surface area contributed by atoms with Gasteiger partial charge in [0.15, 0.2) is 11.9 Å². The van der Waals surface area contributed by atoms with Crippen LogP contribution >= 0.6 is 0 Å². The minimum absolute atomic E-state index is 0.413. The Bertz CT molecular complexity index is 268. The molecular formula is C9H10O4. The molecule has 0 aliphatic heterocycles. The lowest BCUT2D eigenvalue weighted by atomic mass is 10.3. The molecule has 0 aliphatic carbocycles. The first-order valence-corrected chi connectivity index (χ1v) is 3.81. The fraction of sp³-hybridized carbons (Fsp3) is 0.222. The van der Waals surface area contributed by atoms with Crippen molar-refractivity contribution in [3.63, 3.8) is 0 Å². The number of carbonyl (C=O) groups excluding carboxylic acids is 1. The van der Waals surface area contributed by atoms with Crippen LogP contribution in [0.15, 0.2) is 30.3 Å². The second-order valence-corrected chi connectivity index (χ2v) is 2.47. The van der Waals surface area contributed by atoms with Gasteiger partial charge in [0.05, 0.1) is 0 Å². The van der Waals surface area contributed by atoms with Crippen molar-refractivity contribution in [1.29, 1.82) is 0 Å². The lowest BCUT2D eigenvalue weighted by Gasteiger charge is -2.04. The Labute approximate surface area is 75.6 Å². The normalized spacial score (nSPS) is 11.8. The molecule has 0 saturated heterocycles. The van der Waals surface area contributed by atoms with E-state index in [9.17, 15) is 4.79 Å². The van der Waals surface area contributed by atoms with Gasteiger partial charge < -0.3 is 5.11 Å².